The molecule has 0 radical (unpaired) electrons. The zero-order valence-electron chi connectivity index (χ0n) is 10.6. The Morgan fingerprint density at radius 1 is 1.21 bits per heavy atom. The van der Waals surface area contributed by atoms with Gasteiger partial charge in [-0.3, -0.25) is 0 Å². The van der Waals surface area contributed by atoms with E-state index in [0.29, 0.717) is 6.61 Å². The van der Waals surface area contributed by atoms with Gasteiger partial charge in [0.05, 0.1) is 0 Å². The number of nitrogens with two attached hydrogens (primary N) is 1. The van der Waals surface area contributed by atoms with E-state index in [2.05, 4.69) is 12.1 Å². The highest BCUT2D eigenvalue weighted by atomic mass is 35.5. The van der Waals surface area contributed by atoms with Crippen molar-refractivity contribution in [3.05, 3.63) is 64.2 Å². The molecular weight excluding hydrogens is 258 g/mol. The second-order valence-electron chi connectivity index (χ2n) is 4.92. The summed E-state index contributed by atoms with van der Waals surface area (Å²) in [4.78, 5) is 0. The molecule has 0 unspecified atom stereocenters. The average molecular weight is 274 g/mol. The Kier molecular flexibility index (Phi) is 3.45. The fourth-order valence-corrected chi connectivity index (χ4v) is 2.72. The van der Waals surface area contributed by atoms with E-state index in [9.17, 15) is 0 Å². The molecular formula is C16H16ClNO. The van der Waals surface area contributed by atoms with E-state index < -0.39 is 0 Å². The van der Waals surface area contributed by atoms with E-state index in [1.165, 1.54) is 11.1 Å². The summed E-state index contributed by atoms with van der Waals surface area (Å²) in [5, 5.41) is 0.737. The largest absolute Gasteiger partial charge is 0.489 e. The molecule has 0 saturated heterocycles. The van der Waals surface area contributed by atoms with Crippen molar-refractivity contribution in [1.82, 2.24) is 0 Å². The molecule has 0 aliphatic heterocycles. The molecule has 0 saturated carbocycles. The van der Waals surface area contributed by atoms with Crippen LogP contribution in [0.1, 0.15) is 29.2 Å². The molecule has 2 nitrogen and oxygen atoms in total. The van der Waals surface area contributed by atoms with Crippen LogP contribution in [0.2, 0.25) is 5.02 Å². The van der Waals surface area contributed by atoms with Gasteiger partial charge >= 0.3 is 0 Å². The van der Waals surface area contributed by atoms with Gasteiger partial charge in [-0.15, -0.1) is 0 Å². The van der Waals surface area contributed by atoms with E-state index in [4.69, 9.17) is 22.1 Å². The summed E-state index contributed by atoms with van der Waals surface area (Å²) in [6, 6.07) is 14.1. The van der Waals surface area contributed by atoms with Crippen molar-refractivity contribution in [1.29, 1.82) is 0 Å². The highest BCUT2D eigenvalue weighted by Crippen LogP contribution is 2.32. The molecule has 19 heavy (non-hydrogen) atoms. The molecule has 2 N–H and O–H groups in total. The first-order valence-electron chi connectivity index (χ1n) is 6.48. The number of benzene rings is 2. The summed E-state index contributed by atoms with van der Waals surface area (Å²) in [6.45, 7) is 0.533. The Hall–Kier alpha value is -1.51. The second-order valence-corrected chi connectivity index (χ2v) is 5.36. The smallest absolute Gasteiger partial charge is 0.120 e. The molecule has 98 valence electrons. The van der Waals surface area contributed by atoms with Gasteiger partial charge in [-0.05, 0) is 53.8 Å². The van der Waals surface area contributed by atoms with Crippen molar-refractivity contribution in [2.75, 3.05) is 0 Å². The average Bonchev–Trinajstić information content (AvgIpc) is 2.78. The Labute approximate surface area is 118 Å². The van der Waals surface area contributed by atoms with Crippen LogP contribution in [0.15, 0.2) is 42.5 Å². The maximum Gasteiger partial charge on any atom is 0.120 e. The van der Waals surface area contributed by atoms with Crippen molar-refractivity contribution in [3.63, 3.8) is 0 Å². The highest BCUT2D eigenvalue weighted by Gasteiger charge is 2.18. The zero-order chi connectivity index (χ0) is 13.2. The number of fused-ring (bicyclic) bond motifs is 1. The number of hydrogen-bond acceptors (Lipinski definition) is 2. The van der Waals surface area contributed by atoms with E-state index >= 15 is 0 Å². The van der Waals surface area contributed by atoms with Gasteiger partial charge in [-0.2, -0.15) is 0 Å². The van der Waals surface area contributed by atoms with Crippen molar-refractivity contribution >= 4 is 11.6 Å². The van der Waals surface area contributed by atoms with E-state index in [1.807, 2.05) is 30.3 Å². The Morgan fingerprint density at radius 3 is 2.95 bits per heavy atom. The topological polar surface area (TPSA) is 35.2 Å². The van der Waals surface area contributed by atoms with Crippen LogP contribution in [0, 0.1) is 0 Å². The lowest BCUT2D eigenvalue weighted by atomic mass is 10.1. The van der Waals surface area contributed by atoms with Gasteiger partial charge in [0.1, 0.15) is 12.4 Å². The summed E-state index contributed by atoms with van der Waals surface area (Å²) in [6.07, 6.45) is 2.08. The standard InChI is InChI=1S/C16H16ClNO/c17-13-3-1-2-11(8-13)10-19-14-5-6-15-12(9-14)4-7-16(15)18/h1-3,5-6,8-9,16H,4,7,10,18H2/t16-/m1/s1. The highest BCUT2D eigenvalue weighted by molar-refractivity contribution is 6.30. The molecule has 1 aliphatic carbocycles. The first kappa shape index (κ1) is 12.5. The molecule has 3 heteroatoms. The molecule has 1 aliphatic rings. The third kappa shape index (κ3) is 2.75. The third-order valence-electron chi connectivity index (χ3n) is 3.53. The van der Waals surface area contributed by atoms with Gasteiger partial charge in [-0.1, -0.05) is 29.8 Å². The lowest BCUT2D eigenvalue weighted by molar-refractivity contribution is 0.306. The van der Waals surface area contributed by atoms with E-state index in [1.54, 1.807) is 0 Å². The first-order valence-corrected chi connectivity index (χ1v) is 6.86. The molecule has 2 aromatic carbocycles. The van der Waals surface area contributed by atoms with E-state index in [0.717, 1.165) is 29.2 Å². The fourth-order valence-electron chi connectivity index (χ4n) is 2.51. The maximum atomic E-state index is 6.02. The lowest BCUT2D eigenvalue weighted by Crippen LogP contribution is -2.05. The quantitative estimate of drug-likeness (QED) is 0.921. The summed E-state index contributed by atoms with van der Waals surface area (Å²) >= 11 is 5.95. The molecule has 0 amide bonds. The van der Waals surface area contributed by atoms with Crippen molar-refractivity contribution in [2.24, 2.45) is 5.73 Å². The Bertz CT molecular complexity index is 597. The number of hydrogen-bond donors (Lipinski definition) is 1. The number of ether oxygens (including phenoxy) is 1. The van der Waals surface area contributed by atoms with Crippen LogP contribution < -0.4 is 10.5 Å². The Balaban J connectivity index is 1.71. The predicted octanol–water partition coefficient (Wildman–Crippen LogP) is 3.87. The molecule has 0 bridgehead atoms. The molecule has 0 aromatic heterocycles. The van der Waals surface area contributed by atoms with Gasteiger partial charge in [0, 0.05) is 11.1 Å². The molecule has 0 heterocycles. The van der Waals surface area contributed by atoms with Crippen molar-refractivity contribution < 1.29 is 4.74 Å². The van der Waals surface area contributed by atoms with Crippen molar-refractivity contribution in [2.45, 2.75) is 25.5 Å². The van der Waals surface area contributed by atoms with E-state index in [-0.39, 0.29) is 6.04 Å². The molecule has 2 aromatic rings. The summed E-state index contributed by atoms with van der Waals surface area (Å²) in [5.74, 6) is 0.896. The monoisotopic (exact) mass is 273 g/mol. The van der Waals surface area contributed by atoms with Gasteiger partial charge < -0.3 is 10.5 Å². The second kappa shape index (κ2) is 5.24. The van der Waals surface area contributed by atoms with Crippen LogP contribution in [0.3, 0.4) is 0 Å². The molecule has 3 rings (SSSR count). The minimum atomic E-state index is 0.192. The minimum Gasteiger partial charge on any atom is -0.489 e. The van der Waals surface area contributed by atoms with Gasteiger partial charge in [-0.25, -0.2) is 0 Å². The zero-order valence-corrected chi connectivity index (χ0v) is 11.4. The summed E-state index contributed by atoms with van der Waals surface area (Å²) in [5.41, 5.74) is 9.67. The Morgan fingerprint density at radius 2 is 2.11 bits per heavy atom. The minimum absolute atomic E-state index is 0.192. The predicted molar refractivity (Wildman–Crippen MR) is 77.5 cm³/mol. The number of aryl methyl sites for hydroxylation is 1. The van der Waals surface area contributed by atoms with Gasteiger partial charge in [0.2, 0.25) is 0 Å². The van der Waals surface area contributed by atoms with Crippen molar-refractivity contribution in [3.8, 4) is 5.75 Å². The normalized spacial score (nSPS) is 17.3. The number of rotatable bonds is 3. The maximum absolute atomic E-state index is 6.02. The SMILES string of the molecule is N[C@@H]1CCc2cc(OCc3cccc(Cl)c3)ccc21. The van der Waals surface area contributed by atoms with Crippen LogP contribution in [0.4, 0.5) is 0 Å². The summed E-state index contributed by atoms with van der Waals surface area (Å²) in [7, 11) is 0. The molecule has 0 fully saturated rings. The van der Waals surface area contributed by atoms with Crippen LogP contribution in [0.25, 0.3) is 0 Å². The van der Waals surface area contributed by atoms with Crippen LogP contribution in [-0.2, 0) is 13.0 Å². The molecule has 1 atom stereocenters. The van der Waals surface area contributed by atoms with Crippen LogP contribution in [0.5, 0.6) is 5.75 Å². The van der Waals surface area contributed by atoms with Crippen LogP contribution in [-0.4, -0.2) is 0 Å². The molecule has 0 spiro atoms. The first-order chi connectivity index (χ1) is 9.22. The van der Waals surface area contributed by atoms with Gasteiger partial charge in [0.15, 0.2) is 0 Å². The number of halogens is 1. The third-order valence-corrected chi connectivity index (χ3v) is 3.77. The fraction of sp³-hybridized carbons (Fsp3) is 0.250. The summed E-state index contributed by atoms with van der Waals surface area (Å²) < 4.78 is 5.81. The lowest BCUT2D eigenvalue weighted by Gasteiger charge is -2.09. The van der Waals surface area contributed by atoms with Crippen LogP contribution >= 0.6 is 11.6 Å². The van der Waals surface area contributed by atoms with Gasteiger partial charge in [0.25, 0.3) is 0 Å².